The highest BCUT2D eigenvalue weighted by Gasteiger charge is 2.67. The highest BCUT2D eigenvalue weighted by molar-refractivity contribution is 5.82. The van der Waals surface area contributed by atoms with Crippen molar-refractivity contribution in [2.75, 3.05) is 18.1 Å². The monoisotopic (exact) mass is 292 g/mol. The summed E-state index contributed by atoms with van der Waals surface area (Å²) in [5, 5.41) is 19.5. The third-order valence-electron chi connectivity index (χ3n) is 4.42. The molecule has 2 aromatic rings. The van der Waals surface area contributed by atoms with Crippen LogP contribution in [0.25, 0.3) is 11.2 Å². The second kappa shape index (κ2) is 4.03. The number of nitrogens with two attached hydrogens (primary N) is 2. The molecule has 6 N–H and O–H groups in total. The molecule has 1 saturated carbocycles. The molecule has 3 heterocycles. The van der Waals surface area contributed by atoms with Gasteiger partial charge in [-0.2, -0.15) is 9.97 Å². The molecule has 2 fully saturated rings. The molecule has 0 aromatic carbocycles. The van der Waals surface area contributed by atoms with Crippen LogP contribution in [0.4, 0.5) is 11.8 Å². The minimum absolute atomic E-state index is 0.0311. The molecule has 2 unspecified atom stereocenters. The van der Waals surface area contributed by atoms with Crippen molar-refractivity contribution < 1.29 is 14.9 Å². The molecule has 112 valence electrons. The van der Waals surface area contributed by atoms with Crippen molar-refractivity contribution in [1.29, 1.82) is 0 Å². The summed E-state index contributed by atoms with van der Waals surface area (Å²) < 4.78 is 7.49. The largest absolute Gasteiger partial charge is 0.394 e. The Bertz CT molecular complexity index is 718. The second-order valence-corrected chi connectivity index (χ2v) is 5.68. The number of rotatable bonds is 3. The number of ether oxygens (including phenoxy) is 1. The highest BCUT2D eigenvalue weighted by atomic mass is 16.5. The van der Waals surface area contributed by atoms with E-state index in [0.29, 0.717) is 24.1 Å². The van der Waals surface area contributed by atoms with E-state index in [4.69, 9.17) is 16.2 Å². The molecule has 9 nitrogen and oxygen atoms in total. The van der Waals surface area contributed by atoms with Crippen molar-refractivity contribution >= 4 is 22.9 Å². The van der Waals surface area contributed by atoms with Crippen molar-refractivity contribution in [1.82, 2.24) is 19.5 Å². The van der Waals surface area contributed by atoms with E-state index in [1.54, 1.807) is 10.9 Å². The van der Waals surface area contributed by atoms with Crippen LogP contribution in [0.15, 0.2) is 6.33 Å². The van der Waals surface area contributed by atoms with Gasteiger partial charge in [-0.25, -0.2) is 4.98 Å². The fraction of sp³-hybridized carbons (Fsp3) is 0.583. The first-order valence-electron chi connectivity index (χ1n) is 6.75. The average Bonchev–Trinajstić information content (AvgIpc) is 2.85. The average molecular weight is 292 g/mol. The Labute approximate surface area is 119 Å². The molecular formula is C12H16N6O3. The predicted molar refractivity (Wildman–Crippen MR) is 73.0 cm³/mol. The van der Waals surface area contributed by atoms with E-state index in [2.05, 4.69) is 15.0 Å². The lowest BCUT2D eigenvalue weighted by Gasteiger charge is -2.18. The third kappa shape index (κ3) is 1.71. The summed E-state index contributed by atoms with van der Waals surface area (Å²) >= 11 is 0. The fourth-order valence-corrected chi connectivity index (χ4v) is 3.22. The molecule has 1 saturated heterocycles. The zero-order chi connectivity index (χ0) is 14.8. The first-order chi connectivity index (χ1) is 10.0. The van der Waals surface area contributed by atoms with E-state index in [1.165, 1.54) is 0 Å². The molecule has 1 aliphatic carbocycles. The molecule has 4 rings (SSSR count). The van der Waals surface area contributed by atoms with Crippen LogP contribution in [0, 0.1) is 5.92 Å². The molecule has 21 heavy (non-hydrogen) atoms. The van der Waals surface area contributed by atoms with Crippen molar-refractivity contribution in [2.45, 2.75) is 30.8 Å². The number of aromatic nitrogens is 4. The number of fused-ring (bicyclic) bond motifs is 2. The number of nitrogens with zero attached hydrogens (tertiary/aromatic N) is 4. The molecule has 0 bridgehead atoms. The van der Waals surface area contributed by atoms with Crippen LogP contribution in [0.5, 0.6) is 0 Å². The molecule has 4 atom stereocenters. The van der Waals surface area contributed by atoms with Crippen LogP contribution >= 0.6 is 0 Å². The van der Waals surface area contributed by atoms with Gasteiger partial charge in [0.1, 0.15) is 11.6 Å². The highest BCUT2D eigenvalue weighted by Crippen LogP contribution is 2.56. The maximum atomic E-state index is 10.3. The minimum Gasteiger partial charge on any atom is -0.394 e. The summed E-state index contributed by atoms with van der Waals surface area (Å²) in [6.07, 6.45) is 1.54. The number of hydrogen-bond acceptors (Lipinski definition) is 8. The lowest BCUT2D eigenvalue weighted by atomic mass is 10.1. The van der Waals surface area contributed by atoms with Gasteiger partial charge in [0.2, 0.25) is 5.95 Å². The number of hydrogen-bond donors (Lipinski definition) is 4. The minimum atomic E-state index is -0.886. The summed E-state index contributed by atoms with van der Waals surface area (Å²) in [4.78, 5) is 12.2. The Hall–Kier alpha value is -1.97. The summed E-state index contributed by atoms with van der Waals surface area (Å²) in [7, 11) is 0. The van der Waals surface area contributed by atoms with Gasteiger partial charge in [0.15, 0.2) is 11.5 Å². The molecule has 2 aromatic heterocycles. The lowest BCUT2D eigenvalue weighted by Crippen LogP contribution is -2.31. The fourth-order valence-electron chi connectivity index (χ4n) is 3.22. The van der Waals surface area contributed by atoms with Gasteiger partial charge in [0.05, 0.1) is 31.2 Å². The Morgan fingerprint density at radius 1 is 1.43 bits per heavy atom. The number of anilines is 2. The van der Waals surface area contributed by atoms with Crippen molar-refractivity contribution in [3.63, 3.8) is 0 Å². The molecule has 0 spiro atoms. The zero-order valence-corrected chi connectivity index (χ0v) is 11.2. The van der Waals surface area contributed by atoms with Crippen LogP contribution in [-0.4, -0.2) is 54.1 Å². The quantitative estimate of drug-likeness (QED) is 0.535. The van der Waals surface area contributed by atoms with E-state index in [9.17, 15) is 10.2 Å². The SMILES string of the molecule is Nc1nc(N)c2ncn(CC3OC(CO)[C@@]4(O)C[C@H]34)c2n1. The maximum Gasteiger partial charge on any atom is 0.224 e. The topological polar surface area (TPSA) is 145 Å². The van der Waals surface area contributed by atoms with Gasteiger partial charge >= 0.3 is 0 Å². The smallest absolute Gasteiger partial charge is 0.224 e. The van der Waals surface area contributed by atoms with Crippen LogP contribution in [0.3, 0.4) is 0 Å². The normalized spacial score (nSPS) is 34.3. The standard InChI is InChI=1S/C12H16N6O3/c13-9-8-10(17-11(14)16-9)18(4-15-8)2-6-5-1-12(5,20)7(3-19)21-6/h4-7,19-20H,1-3H2,(H4,13,14,16,17)/t5-,6?,7?,12-/m1/s1. The van der Waals surface area contributed by atoms with Crippen LogP contribution < -0.4 is 11.5 Å². The van der Waals surface area contributed by atoms with Crippen LogP contribution in [-0.2, 0) is 11.3 Å². The maximum absolute atomic E-state index is 10.3. The number of nitrogen functional groups attached to an aromatic ring is 2. The Morgan fingerprint density at radius 2 is 2.24 bits per heavy atom. The van der Waals surface area contributed by atoms with Gasteiger partial charge in [0.25, 0.3) is 0 Å². The summed E-state index contributed by atoms with van der Waals surface area (Å²) in [6.45, 7) is 0.284. The Morgan fingerprint density at radius 3 is 2.95 bits per heavy atom. The molecular weight excluding hydrogens is 276 g/mol. The molecule has 2 aliphatic rings. The van der Waals surface area contributed by atoms with Crippen molar-refractivity contribution in [2.24, 2.45) is 5.92 Å². The molecule has 1 aliphatic heterocycles. The van der Waals surface area contributed by atoms with Crippen molar-refractivity contribution in [3.05, 3.63) is 6.33 Å². The summed E-state index contributed by atoms with van der Waals surface area (Å²) in [5.74, 6) is 0.355. The van der Waals surface area contributed by atoms with Gasteiger partial charge in [-0.05, 0) is 6.42 Å². The number of aliphatic hydroxyl groups is 2. The second-order valence-electron chi connectivity index (χ2n) is 5.68. The van der Waals surface area contributed by atoms with Crippen molar-refractivity contribution in [3.8, 4) is 0 Å². The van der Waals surface area contributed by atoms with E-state index < -0.39 is 11.7 Å². The van der Waals surface area contributed by atoms with Gasteiger partial charge in [-0.1, -0.05) is 0 Å². The first kappa shape index (κ1) is 12.7. The summed E-state index contributed by atoms with van der Waals surface area (Å²) in [5.41, 5.74) is 11.5. The lowest BCUT2D eigenvalue weighted by molar-refractivity contribution is -0.0621. The molecule has 9 heteroatoms. The van der Waals surface area contributed by atoms with E-state index in [1.807, 2.05) is 0 Å². The van der Waals surface area contributed by atoms with Crippen LogP contribution in [0.2, 0.25) is 0 Å². The Balaban J connectivity index is 1.64. The van der Waals surface area contributed by atoms with Gasteiger partial charge in [-0.15, -0.1) is 0 Å². The van der Waals surface area contributed by atoms with Gasteiger partial charge in [-0.3, -0.25) is 0 Å². The summed E-state index contributed by atoms with van der Waals surface area (Å²) in [6, 6.07) is 0. The van der Waals surface area contributed by atoms with Crippen LogP contribution in [0.1, 0.15) is 6.42 Å². The van der Waals surface area contributed by atoms with E-state index >= 15 is 0 Å². The first-order valence-corrected chi connectivity index (χ1v) is 6.75. The molecule has 0 radical (unpaired) electrons. The van der Waals surface area contributed by atoms with E-state index in [-0.39, 0.29) is 30.4 Å². The zero-order valence-electron chi connectivity index (χ0n) is 11.2. The predicted octanol–water partition coefficient (Wildman–Crippen LogP) is -1.50. The Kier molecular flexibility index (Phi) is 2.44. The van der Waals surface area contributed by atoms with Gasteiger partial charge in [0, 0.05) is 5.92 Å². The van der Waals surface area contributed by atoms with Gasteiger partial charge < -0.3 is 31.0 Å². The third-order valence-corrected chi connectivity index (χ3v) is 4.42. The number of imidazole rings is 1. The van der Waals surface area contributed by atoms with E-state index in [0.717, 1.165) is 0 Å². The molecule has 0 amide bonds. The number of aliphatic hydroxyl groups excluding tert-OH is 1.